The molecule has 1 saturated heterocycles. The lowest BCUT2D eigenvalue weighted by molar-refractivity contribution is -0.113. The first-order chi connectivity index (χ1) is 13.4. The largest absolute Gasteiger partial charge is 0.490 e. The quantitative estimate of drug-likeness (QED) is 0.417. The van der Waals surface area contributed by atoms with Crippen LogP contribution in [0.1, 0.15) is 26.3 Å². The summed E-state index contributed by atoms with van der Waals surface area (Å²) in [5, 5.41) is 0.435. The number of hydrogen-bond donors (Lipinski definition) is 0. The van der Waals surface area contributed by atoms with Crippen LogP contribution in [-0.4, -0.2) is 22.9 Å². The van der Waals surface area contributed by atoms with Crippen molar-refractivity contribution in [1.82, 2.24) is 0 Å². The maximum absolute atomic E-state index is 12.9. The number of hydrogen-bond acceptors (Lipinski definition) is 5. The summed E-state index contributed by atoms with van der Waals surface area (Å²) < 4.78 is 12.0. The third-order valence-corrected chi connectivity index (χ3v) is 5.37. The van der Waals surface area contributed by atoms with Crippen molar-refractivity contribution in [3.8, 4) is 11.5 Å². The highest BCUT2D eigenvalue weighted by Crippen LogP contribution is 2.40. The van der Waals surface area contributed by atoms with E-state index in [0.717, 1.165) is 11.3 Å². The SMILES string of the molecule is CCOc1cc(/C=C2/SC(=S)N(c3ccccc3)C2=O)cc(Cl)c1OC(C)C. The van der Waals surface area contributed by atoms with Gasteiger partial charge in [0.05, 0.1) is 28.3 Å². The van der Waals surface area contributed by atoms with Gasteiger partial charge in [0.25, 0.3) is 5.91 Å². The van der Waals surface area contributed by atoms with Crippen molar-refractivity contribution >= 4 is 57.6 Å². The van der Waals surface area contributed by atoms with E-state index in [1.165, 1.54) is 16.7 Å². The van der Waals surface area contributed by atoms with Crippen molar-refractivity contribution < 1.29 is 14.3 Å². The van der Waals surface area contributed by atoms with Gasteiger partial charge in [-0.2, -0.15) is 0 Å². The molecule has 3 rings (SSSR count). The Morgan fingerprint density at radius 2 is 1.96 bits per heavy atom. The standard InChI is InChI=1S/C21H20ClNO3S2/c1-4-25-17-11-14(10-16(22)19(17)26-13(2)3)12-18-20(24)23(21(27)28-18)15-8-6-5-7-9-15/h5-13H,4H2,1-3H3/b18-12+. The van der Waals surface area contributed by atoms with Crippen LogP contribution in [0, 0.1) is 0 Å². The smallest absolute Gasteiger partial charge is 0.270 e. The Hall–Kier alpha value is -2.02. The molecule has 28 heavy (non-hydrogen) atoms. The van der Waals surface area contributed by atoms with E-state index < -0.39 is 0 Å². The monoisotopic (exact) mass is 433 g/mol. The molecule has 0 spiro atoms. The van der Waals surface area contributed by atoms with E-state index in [9.17, 15) is 4.79 Å². The highest BCUT2D eigenvalue weighted by molar-refractivity contribution is 8.27. The Morgan fingerprint density at radius 1 is 1.25 bits per heavy atom. The van der Waals surface area contributed by atoms with Gasteiger partial charge in [0.1, 0.15) is 0 Å². The van der Waals surface area contributed by atoms with Gasteiger partial charge in [0.2, 0.25) is 0 Å². The van der Waals surface area contributed by atoms with Crippen LogP contribution >= 0.6 is 35.6 Å². The van der Waals surface area contributed by atoms with E-state index in [1.807, 2.05) is 57.2 Å². The second kappa shape index (κ2) is 8.99. The molecule has 1 heterocycles. The Balaban J connectivity index is 1.95. The number of benzene rings is 2. The molecule has 0 unspecified atom stereocenters. The number of thioether (sulfide) groups is 1. The Bertz CT molecular complexity index is 929. The minimum Gasteiger partial charge on any atom is -0.490 e. The first-order valence-corrected chi connectivity index (χ1v) is 10.5. The molecular formula is C21H20ClNO3S2. The molecule has 146 valence electrons. The lowest BCUT2D eigenvalue weighted by Gasteiger charge is -2.16. The summed E-state index contributed by atoms with van der Waals surface area (Å²) in [6.45, 7) is 6.22. The molecular weight excluding hydrogens is 414 g/mol. The summed E-state index contributed by atoms with van der Waals surface area (Å²) in [7, 11) is 0. The van der Waals surface area contributed by atoms with Crippen molar-refractivity contribution in [2.75, 3.05) is 11.5 Å². The van der Waals surface area contributed by atoms with Crippen LogP contribution in [-0.2, 0) is 4.79 Å². The molecule has 1 aliphatic heterocycles. The number of carbonyl (C=O) groups is 1. The fourth-order valence-electron chi connectivity index (χ4n) is 2.70. The minimum atomic E-state index is -0.155. The molecule has 7 heteroatoms. The van der Waals surface area contributed by atoms with Crippen molar-refractivity contribution in [2.45, 2.75) is 26.9 Å². The molecule has 4 nitrogen and oxygen atoms in total. The number of anilines is 1. The fourth-order valence-corrected chi connectivity index (χ4v) is 4.27. The first kappa shape index (κ1) is 20.7. The van der Waals surface area contributed by atoms with Crippen molar-refractivity contribution in [3.63, 3.8) is 0 Å². The first-order valence-electron chi connectivity index (χ1n) is 8.86. The molecule has 1 amide bonds. The van der Waals surface area contributed by atoms with Gasteiger partial charge in [-0.25, -0.2) is 0 Å². The highest BCUT2D eigenvalue weighted by Gasteiger charge is 2.33. The number of amides is 1. The predicted molar refractivity (Wildman–Crippen MR) is 120 cm³/mol. The Morgan fingerprint density at radius 3 is 2.61 bits per heavy atom. The molecule has 1 aliphatic rings. The zero-order chi connectivity index (χ0) is 20.3. The highest BCUT2D eigenvalue weighted by atomic mass is 35.5. The summed E-state index contributed by atoms with van der Waals surface area (Å²) >= 11 is 13.1. The van der Waals surface area contributed by atoms with Gasteiger partial charge in [-0.05, 0) is 56.7 Å². The van der Waals surface area contributed by atoms with E-state index in [2.05, 4.69) is 0 Å². The molecule has 0 radical (unpaired) electrons. The van der Waals surface area contributed by atoms with Crippen LogP contribution in [0.2, 0.25) is 5.02 Å². The maximum Gasteiger partial charge on any atom is 0.270 e. The average molecular weight is 434 g/mol. The number of ether oxygens (including phenoxy) is 2. The van der Waals surface area contributed by atoms with E-state index in [0.29, 0.717) is 32.4 Å². The van der Waals surface area contributed by atoms with Gasteiger partial charge in [-0.15, -0.1) is 0 Å². The fraction of sp³-hybridized carbons (Fsp3) is 0.238. The summed E-state index contributed by atoms with van der Waals surface area (Å²) in [5.41, 5.74) is 1.50. The Labute approximate surface area is 179 Å². The summed E-state index contributed by atoms with van der Waals surface area (Å²) in [6.07, 6.45) is 1.74. The topological polar surface area (TPSA) is 38.8 Å². The molecule has 0 aromatic heterocycles. The number of rotatable bonds is 6. The van der Waals surface area contributed by atoms with Gasteiger partial charge >= 0.3 is 0 Å². The van der Waals surface area contributed by atoms with Gasteiger partial charge in [-0.1, -0.05) is 53.8 Å². The number of para-hydroxylation sites is 1. The van der Waals surface area contributed by atoms with Crippen molar-refractivity contribution in [2.24, 2.45) is 0 Å². The molecule has 0 atom stereocenters. The second-order valence-corrected chi connectivity index (χ2v) is 8.37. The van der Waals surface area contributed by atoms with E-state index in [4.69, 9.17) is 33.3 Å². The molecule has 2 aromatic rings. The molecule has 0 saturated carbocycles. The van der Waals surface area contributed by atoms with E-state index in [1.54, 1.807) is 12.1 Å². The normalized spacial score (nSPS) is 15.6. The third kappa shape index (κ3) is 4.51. The molecule has 2 aromatic carbocycles. The molecule has 0 aliphatic carbocycles. The Kier molecular flexibility index (Phi) is 6.65. The van der Waals surface area contributed by atoms with Crippen LogP contribution in [0.25, 0.3) is 6.08 Å². The summed E-state index contributed by atoms with van der Waals surface area (Å²) in [5.74, 6) is 0.902. The zero-order valence-corrected chi connectivity index (χ0v) is 18.2. The van der Waals surface area contributed by atoms with Crippen LogP contribution < -0.4 is 14.4 Å². The number of carbonyl (C=O) groups excluding carboxylic acids is 1. The van der Waals surface area contributed by atoms with Crippen LogP contribution in [0.4, 0.5) is 5.69 Å². The molecule has 0 bridgehead atoms. The number of nitrogens with zero attached hydrogens (tertiary/aromatic N) is 1. The molecule has 0 N–H and O–H groups in total. The van der Waals surface area contributed by atoms with Crippen LogP contribution in [0.3, 0.4) is 0 Å². The third-order valence-electron chi connectivity index (χ3n) is 3.79. The van der Waals surface area contributed by atoms with Gasteiger partial charge in [0, 0.05) is 0 Å². The van der Waals surface area contributed by atoms with Crippen LogP contribution in [0.5, 0.6) is 11.5 Å². The van der Waals surface area contributed by atoms with E-state index >= 15 is 0 Å². The van der Waals surface area contributed by atoms with Crippen LogP contribution in [0.15, 0.2) is 47.4 Å². The van der Waals surface area contributed by atoms with Crippen molar-refractivity contribution in [1.29, 1.82) is 0 Å². The summed E-state index contributed by atoms with van der Waals surface area (Å²) in [4.78, 5) is 15.0. The molecule has 1 fully saturated rings. The van der Waals surface area contributed by atoms with Crippen molar-refractivity contribution in [3.05, 3.63) is 58.0 Å². The second-order valence-electron chi connectivity index (χ2n) is 6.28. The van der Waals surface area contributed by atoms with E-state index in [-0.39, 0.29) is 12.0 Å². The zero-order valence-electron chi connectivity index (χ0n) is 15.8. The lowest BCUT2D eigenvalue weighted by Crippen LogP contribution is -2.27. The minimum absolute atomic E-state index is 0.0373. The number of halogens is 1. The van der Waals surface area contributed by atoms with Gasteiger partial charge in [0.15, 0.2) is 15.8 Å². The van der Waals surface area contributed by atoms with Gasteiger partial charge < -0.3 is 9.47 Å². The number of thiocarbonyl (C=S) groups is 1. The predicted octanol–water partition coefficient (Wildman–Crippen LogP) is 5.93. The van der Waals surface area contributed by atoms with Gasteiger partial charge in [-0.3, -0.25) is 9.69 Å². The lowest BCUT2D eigenvalue weighted by atomic mass is 10.1. The average Bonchev–Trinajstić information content (AvgIpc) is 2.92. The summed E-state index contributed by atoms with van der Waals surface area (Å²) in [6, 6.07) is 12.9. The maximum atomic E-state index is 12.9.